The summed E-state index contributed by atoms with van der Waals surface area (Å²) in [6, 6.07) is 7.90. The summed E-state index contributed by atoms with van der Waals surface area (Å²) in [5.41, 5.74) is 1.26. The third kappa shape index (κ3) is 3.15. The first-order valence-corrected chi connectivity index (χ1v) is 2.93. The molecule has 0 saturated carbocycles. The van der Waals surface area contributed by atoms with Crippen molar-refractivity contribution in [1.29, 1.82) is 0 Å². The van der Waals surface area contributed by atoms with Gasteiger partial charge in [-0.2, -0.15) is 4.90 Å². The molecule has 44 valence electrons. The molecule has 0 bridgehead atoms. The Bertz CT molecular complexity index is 148. The van der Waals surface area contributed by atoms with Crippen molar-refractivity contribution in [2.45, 2.75) is 11.8 Å². The minimum atomic E-state index is 0. The maximum absolute atomic E-state index is 4.87. The van der Waals surface area contributed by atoms with E-state index >= 15 is 0 Å². The Morgan fingerprint density at radius 1 is 1.11 bits per heavy atom. The van der Waals surface area contributed by atoms with Gasteiger partial charge in [0.05, 0.1) is 0 Å². The molecule has 0 fully saturated rings. The van der Waals surface area contributed by atoms with Crippen LogP contribution in [0.25, 0.3) is 0 Å². The van der Waals surface area contributed by atoms with Crippen LogP contribution in [0.5, 0.6) is 0 Å². The normalized spacial score (nSPS) is 8.11. The Balaban J connectivity index is 0.000000640. The van der Waals surface area contributed by atoms with Gasteiger partial charge >= 0.3 is 27.3 Å². The minimum absolute atomic E-state index is 0. The Morgan fingerprint density at radius 3 is 1.89 bits per heavy atom. The van der Waals surface area contributed by atoms with Crippen molar-refractivity contribution in [1.82, 2.24) is 0 Å². The van der Waals surface area contributed by atoms with Crippen LogP contribution in [0.3, 0.4) is 0 Å². The molecule has 0 aliphatic carbocycles. The SMILES string of the molecule is Cc1ccc([S-])cc1.[Tl+]. The average molecular weight is 328 g/mol. The van der Waals surface area contributed by atoms with Crippen LogP contribution in [-0.2, 0) is 12.6 Å². The van der Waals surface area contributed by atoms with Crippen molar-refractivity contribution >= 4 is 39.9 Å². The van der Waals surface area contributed by atoms with Crippen LogP contribution in [-0.4, -0.2) is 27.3 Å². The first kappa shape index (κ1) is 9.36. The van der Waals surface area contributed by atoms with Crippen molar-refractivity contribution in [3.05, 3.63) is 29.8 Å². The Kier molecular flexibility index (Phi) is 4.39. The summed E-state index contributed by atoms with van der Waals surface area (Å²) < 4.78 is 0. The zero-order valence-corrected chi connectivity index (χ0v) is 10.6. The monoisotopic (exact) mass is 328 g/mol. The van der Waals surface area contributed by atoms with Gasteiger partial charge in [0.2, 0.25) is 0 Å². The third-order valence-corrected chi connectivity index (χ3v) is 1.29. The van der Waals surface area contributed by atoms with Crippen LogP contribution in [0.2, 0.25) is 0 Å². The molecule has 0 atom stereocenters. The van der Waals surface area contributed by atoms with Crippen molar-refractivity contribution in [2.24, 2.45) is 0 Å². The molecule has 0 heterocycles. The first-order chi connectivity index (χ1) is 3.79. The van der Waals surface area contributed by atoms with Crippen LogP contribution in [0.15, 0.2) is 29.2 Å². The fraction of sp³-hybridized carbons (Fsp3) is 0.143. The number of aryl methyl sites for hydroxylation is 1. The first-order valence-electron chi connectivity index (χ1n) is 2.53. The third-order valence-electron chi connectivity index (χ3n) is 1.02. The van der Waals surface area contributed by atoms with E-state index in [1.54, 1.807) is 0 Å². The molecule has 0 aliphatic heterocycles. The molecule has 2 heteroatoms. The quantitative estimate of drug-likeness (QED) is 0.514. The molecule has 0 aromatic heterocycles. The second-order valence-corrected chi connectivity index (χ2v) is 2.28. The zero-order valence-electron chi connectivity index (χ0n) is 5.29. The molecule has 0 spiro atoms. The van der Waals surface area contributed by atoms with Gasteiger partial charge < -0.3 is 12.6 Å². The van der Waals surface area contributed by atoms with Crippen LogP contribution in [0.1, 0.15) is 5.56 Å². The van der Waals surface area contributed by atoms with E-state index in [1.807, 2.05) is 24.3 Å². The molecule has 0 unspecified atom stereocenters. The van der Waals surface area contributed by atoms with Crippen LogP contribution in [0, 0.1) is 6.92 Å². The van der Waals surface area contributed by atoms with Crippen molar-refractivity contribution in [3.63, 3.8) is 0 Å². The van der Waals surface area contributed by atoms with Crippen LogP contribution in [0.4, 0.5) is 0 Å². The summed E-state index contributed by atoms with van der Waals surface area (Å²) in [6.45, 7) is 2.05. The largest absolute Gasteiger partial charge is 1.00 e. The van der Waals surface area contributed by atoms with Gasteiger partial charge in [-0.25, -0.2) is 0 Å². The number of benzene rings is 1. The molecule has 0 saturated heterocycles. The Morgan fingerprint density at radius 2 is 1.56 bits per heavy atom. The molecule has 0 amide bonds. The van der Waals surface area contributed by atoms with E-state index in [0.717, 1.165) is 4.90 Å². The van der Waals surface area contributed by atoms with E-state index < -0.39 is 0 Å². The average Bonchev–Trinajstić information content (AvgIpc) is 1.77. The molecular weight excluding hydrogens is 321 g/mol. The molecule has 0 N–H and O–H groups in total. The van der Waals surface area contributed by atoms with E-state index in [9.17, 15) is 0 Å². The van der Waals surface area contributed by atoms with Gasteiger partial charge in [-0.15, -0.1) is 0 Å². The molecule has 0 nitrogen and oxygen atoms in total. The summed E-state index contributed by atoms with van der Waals surface area (Å²) in [4.78, 5) is 0.913. The van der Waals surface area contributed by atoms with E-state index in [1.165, 1.54) is 5.56 Å². The number of hydrogen-bond donors (Lipinski definition) is 0. The van der Waals surface area contributed by atoms with Gasteiger partial charge in [0.25, 0.3) is 0 Å². The number of rotatable bonds is 0. The zero-order chi connectivity index (χ0) is 5.98. The predicted octanol–water partition coefficient (Wildman–Crippen LogP) is 1.52. The second-order valence-electron chi connectivity index (χ2n) is 1.81. The van der Waals surface area contributed by atoms with Gasteiger partial charge in [-0.05, 0) is 6.92 Å². The maximum atomic E-state index is 4.87. The maximum Gasteiger partial charge on any atom is 1.00 e. The van der Waals surface area contributed by atoms with Gasteiger partial charge in [-0.3, -0.25) is 0 Å². The molecule has 1 rings (SSSR count). The van der Waals surface area contributed by atoms with Crippen molar-refractivity contribution in [2.75, 3.05) is 0 Å². The summed E-state index contributed by atoms with van der Waals surface area (Å²) in [7, 11) is 0. The topological polar surface area (TPSA) is 0 Å². The molecular formula is C7H7STl. The molecule has 9 heavy (non-hydrogen) atoms. The van der Waals surface area contributed by atoms with Crippen molar-refractivity contribution in [3.8, 4) is 0 Å². The van der Waals surface area contributed by atoms with E-state index in [-0.39, 0.29) is 27.3 Å². The predicted molar refractivity (Wildman–Crippen MR) is 42.6 cm³/mol. The summed E-state index contributed by atoms with van der Waals surface area (Å²) in [5.74, 6) is 0. The van der Waals surface area contributed by atoms with Crippen LogP contribution >= 0.6 is 0 Å². The van der Waals surface area contributed by atoms with Gasteiger partial charge in [0, 0.05) is 0 Å². The number of hydrogen-bond acceptors (Lipinski definition) is 1. The molecule has 1 aromatic rings. The minimum Gasteiger partial charge on any atom is -0.780 e. The van der Waals surface area contributed by atoms with E-state index in [4.69, 9.17) is 12.6 Å². The molecule has 0 radical (unpaired) electrons. The molecule has 0 aliphatic rings. The smallest absolute Gasteiger partial charge is 0.780 e. The van der Waals surface area contributed by atoms with Crippen molar-refractivity contribution < 1.29 is 0 Å². The van der Waals surface area contributed by atoms with Gasteiger partial charge in [-0.1, -0.05) is 29.8 Å². The van der Waals surface area contributed by atoms with Gasteiger partial charge in [0.1, 0.15) is 0 Å². The van der Waals surface area contributed by atoms with E-state index in [2.05, 4.69) is 6.92 Å². The standard InChI is InChI=1S/C7H8S.Tl/c1-6-2-4-7(8)5-3-6;/h2-5,8H,1H3;/q;+1/p-1. The fourth-order valence-electron chi connectivity index (χ4n) is 0.538. The summed E-state index contributed by atoms with van der Waals surface area (Å²) >= 11 is 4.87. The fourth-order valence-corrected chi connectivity index (χ4v) is 0.674. The summed E-state index contributed by atoms with van der Waals surface area (Å²) in [5, 5.41) is 0. The Hall–Kier alpha value is 0.362. The van der Waals surface area contributed by atoms with Gasteiger partial charge in [0.15, 0.2) is 0 Å². The van der Waals surface area contributed by atoms with Crippen LogP contribution < -0.4 is 0 Å². The Labute approximate surface area is 81.2 Å². The second kappa shape index (κ2) is 4.22. The van der Waals surface area contributed by atoms with E-state index in [0.29, 0.717) is 0 Å². The summed E-state index contributed by atoms with van der Waals surface area (Å²) in [6.07, 6.45) is 0. The molecule has 1 aromatic carbocycles.